The van der Waals surface area contributed by atoms with Crippen LogP contribution in [0.25, 0.3) is 0 Å². The van der Waals surface area contributed by atoms with Crippen LogP contribution in [0.2, 0.25) is 10.0 Å². The van der Waals surface area contributed by atoms with E-state index in [0.717, 1.165) is 29.8 Å². The summed E-state index contributed by atoms with van der Waals surface area (Å²) in [6.07, 6.45) is 1.45. The first kappa shape index (κ1) is 32.3. The second-order valence-electron chi connectivity index (χ2n) is 9.93. The van der Waals surface area contributed by atoms with E-state index in [1.807, 2.05) is 6.07 Å². The summed E-state index contributed by atoms with van der Waals surface area (Å²) in [6, 6.07) is 12.8. The van der Waals surface area contributed by atoms with Crippen molar-refractivity contribution in [2.45, 2.75) is 29.6 Å². The van der Waals surface area contributed by atoms with Crippen molar-refractivity contribution in [3.8, 4) is 17.2 Å². The van der Waals surface area contributed by atoms with Crippen LogP contribution in [0.3, 0.4) is 0 Å². The summed E-state index contributed by atoms with van der Waals surface area (Å²) in [5.74, 6) is 0.755. The Bertz CT molecular complexity index is 1590. The lowest BCUT2D eigenvalue weighted by atomic mass is 9.71. The maximum atomic E-state index is 13.8. The monoisotopic (exact) mass is 652 g/mol. The molecule has 1 aliphatic heterocycles. The molecule has 1 amide bonds. The summed E-state index contributed by atoms with van der Waals surface area (Å²) < 4.78 is 47.4. The molecule has 3 aromatic rings. The third kappa shape index (κ3) is 6.98. The smallest absolute Gasteiger partial charge is 0.296 e. The Morgan fingerprint density at radius 3 is 2.19 bits per heavy atom. The Kier molecular flexibility index (Phi) is 10.1. The van der Waals surface area contributed by atoms with Crippen LogP contribution in [0.15, 0.2) is 59.5 Å². The Morgan fingerprint density at radius 1 is 0.977 bits per heavy atom. The van der Waals surface area contributed by atoms with Crippen molar-refractivity contribution in [1.82, 2.24) is 4.90 Å². The fourth-order valence-electron chi connectivity index (χ4n) is 5.25. The van der Waals surface area contributed by atoms with Gasteiger partial charge >= 0.3 is 0 Å². The third-order valence-electron chi connectivity index (χ3n) is 7.46. The van der Waals surface area contributed by atoms with E-state index in [-0.39, 0.29) is 36.1 Å². The van der Waals surface area contributed by atoms with Crippen molar-refractivity contribution in [2.75, 3.05) is 41.0 Å². The van der Waals surface area contributed by atoms with Gasteiger partial charge in [0.2, 0.25) is 5.75 Å². The van der Waals surface area contributed by atoms with E-state index in [1.54, 1.807) is 29.2 Å². The molecule has 11 nitrogen and oxygen atoms in total. The number of ether oxygens (including phenoxy) is 3. The van der Waals surface area contributed by atoms with Gasteiger partial charge in [-0.2, -0.15) is 8.42 Å². The van der Waals surface area contributed by atoms with E-state index in [4.69, 9.17) is 41.6 Å². The zero-order chi connectivity index (χ0) is 31.4. The number of carbonyl (C=O) groups is 1. The summed E-state index contributed by atoms with van der Waals surface area (Å²) in [5.41, 5.74) is 0.141. The van der Waals surface area contributed by atoms with Crippen molar-refractivity contribution in [3.05, 3.63) is 85.9 Å². The fraction of sp³-hybridized carbons (Fsp3) is 0.345. The molecule has 1 unspecified atom stereocenters. The molecule has 0 radical (unpaired) electrons. The van der Waals surface area contributed by atoms with Crippen molar-refractivity contribution >= 4 is 44.9 Å². The molecular formula is C29H30Cl2N2O9S. The first-order valence-corrected chi connectivity index (χ1v) is 15.3. The van der Waals surface area contributed by atoms with Gasteiger partial charge < -0.3 is 19.1 Å². The first-order chi connectivity index (χ1) is 20.4. The predicted octanol–water partition coefficient (Wildman–Crippen LogP) is 5.90. The van der Waals surface area contributed by atoms with Crippen molar-refractivity contribution in [3.63, 3.8) is 0 Å². The van der Waals surface area contributed by atoms with Crippen LogP contribution in [-0.2, 0) is 19.7 Å². The average Bonchev–Trinajstić information content (AvgIpc) is 3.01. The van der Waals surface area contributed by atoms with Gasteiger partial charge in [0.1, 0.15) is 0 Å². The minimum Gasteiger partial charge on any atom is -0.493 e. The first-order valence-electron chi connectivity index (χ1n) is 13.1. The molecular weight excluding hydrogens is 623 g/mol. The molecule has 0 saturated carbocycles. The van der Waals surface area contributed by atoms with Gasteiger partial charge in [-0.25, -0.2) is 0 Å². The van der Waals surface area contributed by atoms with E-state index < -0.39 is 20.5 Å². The molecule has 4 rings (SSSR count). The fourth-order valence-corrected chi connectivity index (χ4v) is 6.46. The molecule has 14 heteroatoms. The number of hydrogen-bond acceptors (Lipinski definition) is 9. The minimum absolute atomic E-state index is 0.204. The largest absolute Gasteiger partial charge is 0.493 e. The van der Waals surface area contributed by atoms with E-state index in [1.165, 1.54) is 21.3 Å². The molecule has 1 saturated heterocycles. The molecule has 0 N–H and O–H groups in total. The number of amides is 1. The predicted molar refractivity (Wildman–Crippen MR) is 160 cm³/mol. The highest BCUT2D eigenvalue weighted by atomic mass is 35.5. The topological polar surface area (TPSA) is 135 Å². The van der Waals surface area contributed by atoms with Crippen LogP contribution in [0, 0.1) is 10.1 Å². The summed E-state index contributed by atoms with van der Waals surface area (Å²) >= 11 is 12.6. The number of nitrogens with zero attached hydrogens (tertiary/aromatic N) is 2. The zero-order valence-corrected chi connectivity index (χ0v) is 26.0. The number of carbonyl (C=O) groups excluding carboxylic acids is 1. The molecule has 1 aliphatic rings. The maximum absolute atomic E-state index is 13.8. The number of methoxy groups -OCH3 is 3. The van der Waals surface area contributed by atoms with Crippen molar-refractivity contribution < 1.29 is 36.5 Å². The number of benzene rings is 3. The molecule has 1 heterocycles. The van der Waals surface area contributed by atoms with Crippen LogP contribution in [0.5, 0.6) is 17.2 Å². The average molecular weight is 654 g/mol. The minimum atomic E-state index is -4.21. The Morgan fingerprint density at radius 2 is 1.63 bits per heavy atom. The number of likely N-dealkylation sites (tertiary alicyclic amines) is 1. The van der Waals surface area contributed by atoms with Gasteiger partial charge in [0.15, 0.2) is 11.5 Å². The second-order valence-corrected chi connectivity index (χ2v) is 12.4. The molecule has 3 aromatic carbocycles. The molecule has 0 bridgehead atoms. The van der Waals surface area contributed by atoms with Crippen LogP contribution in [0.4, 0.5) is 5.69 Å². The molecule has 1 fully saturated rings. The number of non-ortho nitro benzene ring substituents is 1. The number of halogens is 2. The molecule has 43 heavy (non-hydrogen) atoms. The highest BCUT2D eigenvalue weighted by Crippen LogP contribution is 2.42. The number of hydrogen-bond donors (Lipinski definition) is 0. The maximum Gasteiger partial charge on any atom is 0.296 e. The summed E-state index contributed by atoms with van der Waals surface area (Å²) in [4.78, 5) is 25.6. The Labute approximate surface area is 259 Å². The van der Waals surface area contributed by atoms with Gasteiger partial charge in [0.05, 0.1) is 47.8 Å². The lowest BCUT2D eigenvalue weighted by molar-refractivity contribution is -0.384. The van der Waals surface area contributed by atoms with Gasteiger partial charge in [-0.15, -0.1) is 0 Å². The van der Waals surface area contributed by atoms with E-state index in [0.29, 0.717) is 52.2 Å². The normalized spacial score (nSPS) is 16.9. The van der Waals surface area contributed by atoms with Crippen LogP contribution in [-0.4, -0.2) is 65.2 Å². The lowest BCUT2D eigenvalue weighted by Crippen LogP contribution is -2.49. The van der Waals surface area contributed by atoms with Crippen LogP contribution in [0.1, 0.15) is 35.2 Å². The van der Waals surface area contributed by atoms with Crippen molar-refractivity contribution in [2.24, 2.45) is 0 Å². The Balaban J connectivity index is 1.62. The number of nitro groups is 1. The van der Waals surface area contributed by atoms with E-state index in [9.17, 15) is 23.3 Å². The van der Waals surface area contributed by atoms with Gasteiger partial charge in [-0.3, -0.25) is 19.1 Å². The van der Waals surface area contributed by atoms with Crippen LogP contribution >= 0.6 is 23.2 Å². The van der Waals surface area contributed by atoms with Gasteiger partial charge in [-0.05, 0) is 61.2 Å². The van der Waals surface area contributed by atoms with Crippen molar-refractivity contribution in [1.29, 1.82) is 0 Å². The molecule has 1 atom stereocenters. The summed E-state index contributed by atoms with van der Waals surface area (Å²) in [6.45, 7) is 0.480. The van der Waals surface area contributed by atoms with Gasteiger partial charge in [-0.1, -0.05) is 29.3 Å². The van der Waals surface area contributed by atoms with E-state index >= 15 is 0 Å². The van der Waals surface area contributed by atoms with Gasteiger partial charge in [0.25, 0.3) is 21.7 Å². The van der Waals surface area contributed by atoms with Gasteiger partial charge in [0, 0.05) is 36.2 Å². The SMILES string of the molecule is COc1cc(C(=O)N2CCCC(CCOS(=O)(=O)c3ccc([N+](=O)[O-])cc3)(c3ccc(Cl)c(Cl)c3)C2)cc(OC)c1OC. The lowest BCUT2D eigenvalue weighted by Gasteiger charge is -2.43. The number of nitro benzene ring substituents is 1. The van der Waals surface area contributed by atoms with Crippen LogP contribution < -0.4 is 14.2 Å². The standard InChI is InChI=1S/C29H30Cl2N2O9S/c1-39-25-15-19(16-26(40-2)27(25)41-3)28(34)32-13-4-11-29(18-32,20-5-10-23(30)24(31)17-20)12-14-42-43(37,38)22-8-6-21(7-9-22)33(35)36/h5-10,15-17H,4,11-14,18H2,1-3H3. The highest BCUT2D eigenvalue weighted by Gasteiger charge is 2.40. The molecule has 230 valence electrons. The number of rotatable bonds is 11. The molecule has 0 spiro atoms. The highest BCUT2D eigenvalue weighted by molar-refractivity contribution is 7.86. The third-order valence-corrected chi connectivity index (χ3v) is 9.53. The molecule has 0 aromatic heterocycles. The zero-order valence-electron chi connectivity index (χ0n) is 23.7. The molecule has 0 aliphatic carbocycles. The summed E-state index contributed by atoms with van der Waals surface area (Å²) in [5, 5.41) is 11.6. The Hall–Kier alpha value is -3.58. The summed E-state index contributed by atoms with van der Waals surface area (Å²) in [7, 11) is 0.192. The van der Waals surface area contributed by atoms with E-state index in [2.05, 4.69) is 0 Å². The number of piperidine rings is 1. The quantitative estimate of drug-likeness (QED) is 0.141. The second kappa shape index (κ2) is 13.4.